The first-order valence-electron chi connectivity index (χ1n) is 7.28. The largest absolute Gasteiger partial charge is 0.490 e. The predicted molar refractivity (Wildman–Crippen MR) is 89.1 cm³/mol. The van der Waals surface area contributed by atoms with Crippen LogP contribution in [-0.4, -0.2) is 18.5 Å². The van der Waals surface area contributed by atoms with Crippen molar-refractivity contribution in [3.8, 4) is 5.75 Å². The number of hydrogen-bond donors (Lipinski definition) is 0. The zero-order valence-corrected chi connectivity index (χ0v) is 12.7. The second-order valence-electron chi connectivity index (χ2n) is 5.01. The van der Waals surface area contributed by atoms with E-state index in [1.807, 2.05) is 12.1 Å². The lowest BCUT2D eigenvalue weighted by Gasteiger charge is -2.02. The molecule has 2 aromatic carbocycles. The van der Waals surface area contributed by atoms with Gasteiger partial charge in [0.1, 0.15) is 18.2 Å². The fourth-order valence-electron chi connectivity index (χ4n) is 2.10. The van der Waals surface area contributed by atoms with Gasteiger partial charge in [-0.1, -0.05) is 24.8 Å². The third-order valence-corrected chi connectivity index (χ3v) is 3.26. The van der Waals surface area contributed by atoms with Crippen LogP contribution in [0.3, 0.4) is 0 Å². The number of halogens is 1. The van der Waals surface area contributed by atoms with Crippen LogP contribution >= 0.6 is 0 Å². The summed E-state index contributed by atoms with van der Waals surface area (Å²) in [6.45, 7) is 4.01. The average molecular weight is 323 g/mol. The molecular weight excluding hydrogens is 309 g/mol. The number of ether oxygens (including phenoxy) is 2. The van der Waals surface area contributed by atoms with E-state index >= 15 is 0 Å². The van der Waals surface area contributed by atoms with E-state index in [0.717, 1.165) is 5.56 Å². The zero-order chi connectivity index (χ0) is 16.9. The van der Waals surface area contributed by atoms with Gasteiger partial charge >= 0.3 is 5.97 Å². The van der Waals surface area contributed by atoms with Crippen LogP contribution in [-0.2, 0) is 9.53 Å². The number of hydrogen-bond acceptors (Lipinski definition) is 4. The van der Waals surface area contributed by atoms with Gasteiger partial charge < -0.3 is 9.47 Å². The van der Waals surface area contributed by atoms with Crippen LogP contribution in [0.5, 0.6) is 5.75 Å². The van der Waals surface area contributed by atoms with Crippen LogP contribution in [0.1, 0.15) is 11.1 Å². The minimum absolute atomic E-state index is 0.164. The lowest BCUT2D eigenvalue weighted by atomic mass is 10.2. The van der Waals surface area contributed by atoms with Gasteiger partial charge in [-0.25, -0.2) is 14.2 Å². The van der Waals surface area contributed by atoms with Crippen molar-refractivity contribution >= 4 is 17.9 Å². The maximum absolute atomic E-state index is 13.0. The van der Waals surface area contributed by atoms with E-state index in [4.69, 9.17) is 9.47 Å². The van der Waals surface area contributed by atoms with Crippen molar-refractivity contribution in [1.29, 1.82) is 0 Å². The highest BCUT2D eigenvalue weighted by molar-refractivity contribution is 6.12. The average Bonchev–Trinajstić information content (AvgIpc) is 2.95. The molecule has 1 aliphatic heterocycles. The second-order valence-corrected chi connectivity index (χ2v) is 5.01. The number of benzene rings is 2. The molecule has 0 aliphatic carbocycles. The number of esters is 1. The van der Waals surface area contributed by atoms with E-state index in [1.54, 1.807) is 24.3 Å². The molecule has 0 aromatic heterocycles. The van der Waals surface area contributed by atoms with Crippen molar-refractivity contribution in [3.05, 3.63) is 83.8 Å². The Morgan fingerprint density at radius 2 is 1.83 bits per heavy atom. The number of aliphatic imine (C=N–C) groups is 1. The molecule has 0 saturated heterocycles. The van der Waals surface area contributed by atoms with Crippen LogP contribution in [0.4, 0.5) is 4.39 Å². The molecule has 120 valence electrons. The Hall–Kier alpha value is -3.21. The van der Waals surface area contributed by atoms with Crippen molar-refractivity contribution in [3.63, 3.8) is 0 Å². The van der Waals surface area contributed by atoms with Gasteiger partial charge in [0.05, 0.1) is 0 Å². The highest BCUT2D eigenvalue weighted by atomic mass is 19.1. The van der Waals surface area contributed by atoms with Crippen molar-refractivity contribution in [2.75, 3.05) is 6.61 Å². The molecule has 0 unspecified atom stereocenters. The van der Waals surface area contributed by atoms with Crippen molar-refractivity contribution in [2.24, 2.45) is 4.99 Å². The van der Waals surface area contributed by atoms with E-state index in [2.05, 4.69) is 11.6 Å². The summed E-state index contributed by atoms with van der Waals surface area (Å²) in [7, 11) is 0. The van der Waals surface area contributed by atoms with E-state index in [0.29, 0.717) is 17.9 Å². The number of carbonyl (C=O) groups excluding carboxylic acids is 1. The standard InChI is InChI=1S/C19H14FNO3/c1-2-11-23-16-9-3-13(4-10-16)12-17-19(22)24-18(21-17)14-5-7-15(20)8-6-14/h2-10,12H,1,11H2. The second kappa shape index (κ2) is 6.91. The Labute approximate surface area is 138 Å². The molecule has 0 atom stereocenters. The number of rotatable bonds is 5. The Balaban J connectivity index is 1.80. The molecule has 2 aromatic rings. The minimum Gasteiger partial charge on any atom is -0.490 e. The van der Waals surface area contributed by atoms with Gasteiger partial charge in [0.25, 0.3) is 0 Å². The predicted octanol–water partition coefficient (Wildman–Crippen LogP) is 3.74. The molecule has 0 amide bonds. The van der Waals surface area contributed by atoms with E-state index < -0.39 is 5.97 Å². The molecule has 0 bridgehead atoms. The van der Waals surface area contributed by atoms with Gasteiger partial charge in [0.15, 0.2) is 5.70 Å². The fraction of sp³-hybridized carbons (Fsp3) is 0.0526. The van der Waals surface area contributed by atoms with E-state index in [-0.39, 0.29) is 17.4 Å². The van der Waals surface area contributed by atoms with Crippen LogP contribution in [0.25, 0.3) is 6.08 Å². The molecule has 5 heteroatoms. The third-order valence-electron chi connectivity index (χ3n) is 3.26. The maximum atomic E-state index is 13.0. The summed E-state index contributed by atoms with van der Waals surface area (Å²) in [4.78, 5) is 16.1. The molecule has 24 heavy (non-hydrogen) atoms. The zero-order valence-electron chi connectivity index (χ0n) is 12.7. The molecule has 1 aliphatic rings. The van der Waals surface area contributed by atoms with Gasteiger partial charge in [-0.2, -0.15) is 0 Å². The summed E-state index contributed by atoms with van der Waals surface area (Å²) >= 11 is 0. The summed E-state index contributed by atoms with van der Waals surface area (Å²) in [5, 5.41) is 0. The summed E-state index contributed by atoms with van der Waals surface area (Å²) < 4.78 is 23.5. The topological polar surface area (TPSA) is 47.9 Å². The molecule has 1 heterocycles. The first kappa shape index (κ1) is 15.7. The van der Waals surface area contributed by atoms with Gasteiger partial charge in [-0.15, -0.1) is 0 Å². The van der Waals surface area contributed by atoms with Gasteiger partial charge in [-0.05, 0) is 48.0 Å². The molecule has 0 saturated carbocycles. The summed E-state index contributed by atoms with van der Waals surface area (Å²) in [5.74, 6) is -0.0294. The monoisotopic (exact) mass is 323 g/mol. The minimum atomic E-state index is -0.540. The lowest BCUT2D eigenvalue weighted by molar-refractivity contribution is -0.129. The first-order valence-corrected chi connectivity index (χ1v) is 7.28. The van der Waals surface area contributed by atoms with Gasteiger partial charge in [0, 0.05) is 5.56 Å². The highest BCUT2D eigenvalue weighted by Crippen LogP contribution is 2.20. The molecule has 0 N–H and O–H groups in total. The number of cyclic esters (lactones) is 1. The smallest absolute Gasteiger partial charge is 0.363 e. The normalized spacial score (nSPS) is 15.1. The summed E-state index contributed by atoms with van der Waals surface area (Å²) in [6, 6.07) is 12.8. The number of nitrogens with zero attached hydrogens (tertiary/aromatic N) is 1. The quantitative estimate of drug-likeness (QED) is 0.478. The Bertz CT molecular complexity index is 821. The first-order chi connectivity index (χ1) is 11.7. The molecule has 0 fully saturated rings. The van der Waals surface area contributed by atoms with Crippen molar-refractivity contribution < 1.29 is 18.7 Å². The van der Waals surface area contributed by atoms with E-state index in [1.165, 1.54) is 24.3 Å². The molecule has 3 rings (SSSR count). The fourth-order valence-corrected chi connectivity index (χ4v) is 2.10. The van der Waals surface area contributed by atoms with Crippen molar-refractivity contribution in [2.45, 2.75) is 0 Å². The highest BCUT2D eigenvalue weighted by Gasteiger charge is 2.24. The Kier molecular flexibility index (Phi) is 4.52. The number of carbonyl (C=O) groups is 1. The third kappa shape index (κ3) is 3.57. The van der Waals surface area contributed by atoms with Crippen LogP contribution in [0.2, 0.25) is 0 Å². The summed E-state index contributed by atoms with van der Waals surface area (Å²) in [6.07, 6.45) is 3.28. The maximum Gasteiger partial charge on any atom is 0.363 e. The van der Waals surface area contributed by atoms with Crippen molar-refractivity contribution in [1.82, 2.24) is 0 Å². The van der Waals surface area contributed by atoms with Crippen LogP contribution < -0.4 is 4.74 Å². The summed E-state index contributed by atoms with van der Waals surface area (Å²) in [5.41, 5.74) is 1.52. The Morgan fingerprint density at radius 1 is 1.12 bits per heavy atom. The molecule has 0 radical (unpaired) electrons. The molecule has 0 spiro atoms. The van der Waals surface area contributed by atoms with Gasteiger partial charge in [0.2, 0.25) is 5.90 Å². The van der Waals surface area contributed by atoms with Gasteiger partial charge in [-0.3, -0.25) is 0 Å². The SMILES string of the molecule is C=CCOc1ccc(C=C2N=C(c3ccc(F)cc3)OC2=O)cc1. The van der Waals surface area contributed by atoms with Crippen LogP contribution in [0.15, 0.2) is 71.9 Å². The van der Waals surface area contributed by atoms with Crippen LogP contribution in [0, 0.1) is 5.82 Å². The Morgan fingerprint density at radius 3 is 2.50 bits per heavy atom. The molecular formula is C19H14FNO3. The molecule has 4 nitrogen and oxygen atoms in total. The van der Waals surface area contributed by atoms with E-state index in [9.17, 15) is 9.18 Å². The lowest BCUT2D eigenvalue weighted by Crippen LogP contribution is -2.05.